The molecule has 2 aromatic carbocycles. The number of hydrogen-bond acceptors (Lipinski definition) is 1. The molecule has 0 bridgehead atoms. The summed E-state index contributed by atoms with van der Waals surface area (Å²) in [7, 11) is 0. The Morgan fingerprint density at radius 1 is 1.00 bits per heavy atom. The first kappa shape index (κ1) is 12.1. The average molecular weight is 276 g/mol. The van der Waals surface area contributed by atoms with Gasteiger partial charge in [0.25, 0.3) is 0 Å². The van der Waals surface area contributed by atoms with Gasteiger partial charge >= 0.3 is 0 Å². The summed E-state index contributed by atoms with van der Waals surface area (Å²) in [4.78, 5) is 7.49. The van der Waals surface area contributed by atoms with E-state index in [2.05, 4.69) is 28.2 Å². The third kappa shape index (κ3) is 1.82. The highest BCUT2D eigenvalue weighted by Gasteiger charge is 2.10. The second-order valence-electron chi connectivity index (χ2n) is 5.22. The zero-order valence-electron chi connectivity index (χ0n) is 11.5. The second kappa shape index (κ2) is 4.42. The van der Waals surface area contributed by atoms with Crippen molar-refractivity contribution in [1.82, 2.24) is 9.97 Å². The number of benzene rings is 2. The maximum Gasteiger partial charge on any atom is 0.128 e. The van der Waals surface area contributed by atoms with Crippen LogP contribution in [0.1, 0.15) is 5.56 Å². The van der Waals surface area contributed by atoms with Crippen LogP contribution in [-0.2, 0) is 0 Å². The van der Waals surface area contributed by atoms with Gasteiger partial charge in [0, 0.05) is 39.8 Å². The van der Waals surface area contributed by atoms with Crippen molar-refractivity contribution in [1.29, 1.82) is 0 Å². The zero-order valence-corrected chi connectivity index (χ0v) is 11.5. The van der Waals surface area contributed by atoms with E-state index in [0.29, 0.717) is 5.56 Å². The van der Waals surface area contributed by atoms with Crippen LogP contribution in [0.4, 0.5) is 4.39 Å². The van der Waals surface area contributed by atoms with Crippen LogP contribution in [0.5, 0.6) is 0 Å². The highest BCUT2D eigenvalue weighted by molar-refractivity contribution is 6.09. The molecule has 2 heterocycles. The molecule has 0 saturated carbocycles. The van der Waals surface area contributed by atoms with Crippen LogP contribution in [0, 0.1) is 12.7 Å². The monoisotopic (exact) mass is 276 g/mol. The lowest BCUT2D eigenvalue weighted by molar-refractivity contribution is 0.620. The number of aromatic amines is 1. The number of nitrogens with one attached hydrogen (secondary N) is 1. The molecule has 2 aromatic heterocycles. The lowest BCUT2D eigenvalue weighted by Gasteiger charge is -2.00. The van der Waals surface area contributed by atoms with Crippen LogP contribution in [0.3, 0.4) is 0 Å². The summed E-state index contributed by atoms with van der Waals surface area (Å²) >= 11 is 0. The van der Waals surface area contributed by atoms with Gasteiger partial charge in [-0.25, -0.2) is 4.39 Å². The number of nitrogens with zero attached hydrogens (tertiary/aromatic N) is 1. The Morgan fingerprint density at radius 3 is 2.67 bits per heavy atom. The molecule has 0 fully saturated rings. The summed E-state index contributed by atoms with van der Waals surface area (Å²) in [5, 5.41) is 2.17. The van der Waals surface area contributed by atoms with Gasteiger partial charge in [-0.2, -0.15) is 0 Å². The van der Waals surface area contributed by atoms with Crippen molar-refractivity contribution in [2.75, 3.05) is 0 Å². The first-order valence-electron chi connectivity index (χ1n) is 6.85. The van der Waals surface area contributed by atoms with Gasteiger partial charge in [0.05, 0.1) is 5.52 Å². The molecule has 4 aromatic rings. The van der Waals surface area contributed by atoms with Gasteiger partial charge in [0.2, 0.25) is 0 Å². The van der Waals surface area contributed by atoms with Gasteiger partial charge in [0.1, 0.15) is 5.82 Å². The lowest BCUT2D eigenvalue weighted by atomic mass is 10.0. The van der Waals surface area contributed by atoms with Crippen LogP contribution >= 0.6 is 0 Å². The third-order valence-corrected chi connectivity index (χ3v) is 3.96. The molecule has 0 atom stereocenters. The number of halogens is 1. The molecule has 21 heavy (non-hydrogen) atoms. The maximum atomic E-state index is 13.7. The molecular weight excluding hydrogens is 263 g/mol. The highest BCUT2D eigenvalue weighted by Crippen LogP contribution is 2.31. The molecule has 4 rings (SSSR count). The zero-order chi connectivity index (χ0) is 14.4. The number of fused-ring (bicyclic) bond motifs is 3. The number of pyridine rings is 1. The summed E-state index contributed by atoms with van der Waals surface area (Å²) in [5.41, 5.74) is 4.71. The van der Waals surface area contributed by atoms with Gasteiger partial charge in [-0.05, 0) is 36.8 Å². The molecule has 0 aliphatic carbocycles. The maximum absolute atomic E-state index is 13.7. The van der Waals surface area contributed by atoms with Gasteiger partial charge in [-0.1, -0.05) is 18.2 Å². The molecular formula is C18H13FN2. The molecule has 0 aliphatic heterocycles. The molecule has 3 heteroatoms. The topological polar surface area (TPSA) is 28.7 Å². The molecule has 0 saturated heterocycles. The Balaban J connectivity index is 2.01. The number of hydrogen-bond donors (Lipinski definition) is 1. The van der Waals surface area contributed by atoms with Crippen molar-refractivity contribution in [2.45, 2.75) is 6.92 Å². The van der Waals surface area contributed by atoms with E-state index in [0.717, 1.165) is 32.9 Å². The van der Waals surface area contributed by atoms with Crippen LogP contribution in [0.2, 0.25) is 0 Å². The summed E-state index contributed by atoms with van der Waals surface area (Å²) in [5.74, 6) is -0.179. The van der Waals surface area contributed by atoms with E-state index < -0.39 is 0 Å². The fourth-order valence-corrected chi connectivity index (χ4v) is 2.80. The van der Waals surface area contributed by atoms with E-state index >= 15 is 0 Å². The predicted molar refractivity (Wildman–Crippen MR) is 83.7 cm³/mol. The van der Waals surface area contributed by atoms with Crippen LogP contribution in [0.15, 0.2) is 54.9 Å². The standard InChI is InChI=1S/C18H13FN2/c1-11-16(19)7-6-15-14-5-4-12(9-17(14)21-18(11)15)13-3-2-8-20-10-13/h2-10,21H,1H3. The molecule has 0 spiro atoms. The molecule has 0 aliphatic rings. The number of aryl methyl sites for hydroxylation is 1. The normalized spacial score (nSPS) is 11.3. The predicted octanol–water partition coefficient (Wildman–Crippen LogP) is 4.83. The van der Waals surface area contributed by atoms with Gasteiger partial charge in [0.15, 0.2) is 0 Å². The Bertz CT molecular complexity index is 955. The summed E-state index contributed by atoms with van der Waals surface area (Å²) in [6, 6.07) is 13.6. The summed E-state index contributed by atoms with van der Waals surface area (Å²) in [6.07, 6.45) is 3.60. The van der Waals surface area contributed by atoms with Crippen molar-refractivity contribution in [3.63, 3.8) is 0 Å². The largest absolute Gasteiger partial charge is 0.354 e. The minimum Gasteiger partial charge on any atom is -0.354 e. The van der Waals surface area contributed by atoms with Crippen molar-refractivity contribution < 1.29 is 4.39 Å². The average Bonchev–Trinajstić information content (AvgIpc) is 2.90. The van der Waals surface area contributed by atoms with Crippen molar-refractivity contribution in [2.24, 2.45) is 0 Å². The summed E-state index contributed by atoms with van der Waals surface area (Å²) in [6.45, 7) is 1.80. The third-order valence-electron chi connectivity index (χ3n) is 3.96. The Labute approximate surface area is 121 Å². The van der Waals surface area contributed by atoms with E-state index in [1.807, 2.05) is 24.4 Å². The van der Waals surface area contributed by atoms with Gasteiger partial charge in [-0.3, -0.25) is 4.98 Å². The Kier molecular flexibility index (Phi) is 2.54. The fraction of sp³-hybridized carbons (Fsp3) is 0.0556. The SMILES string of the molecule is Cc1c(F)ccc2c1[nH]c1cc(-c3cccnc3)ccc12. The van der Waals surface area contributed by atoms with E-state index in [1.165, 1.54) is 6.07 Å². The first-order chi connectivity index (χ1) is 10.2. The van der Waals surface area contributed by atoms with E-state index in [4.69, 9.17) is 0 Å². The fourth-order valence-electron chi connectivity index (χ4n) is 2.80. The van der Waals surface area contributed by atoms with Crippen molar-refractivity contribution in [3.8, 4) is 11.1 Å². The number of H-pyrrole nitrogens is 1. The van der Waals surface area contributed by atoms with Crippen LogP contribution in [-0.4, -0.2) is 9.97 Å². The van der Waals surface area contributed by atoms with Crippen LogP contribution in [0.25, 0.3) is 32.9 Å². The molecule has 1 N–H and O–H groups in total. The second-order valence-corrected chi connectivity index (χ2v) is 5.22. The van der Waals surface area contributed by atoms with Gasteiger partial charge in [-0.15, -0.1) is 0 Å². The molecule has 102 valence electrons. The minimum atomic E-state index is -0.179. The molecule has 0 amide bonds. The van der Waals surface area contributed by atoms with Gasteiger partial charge < -0.3 is 4.98 Å². The van der Waals surface area contributed by atoms with E-state index in [9.17, 15) is 4.39 Å². The Morgan fingerprint density at radius 2 is 1.86 bits per heavy atom. The lowest BCUT2D eigenvalue weighted by Crippen LogP contribution is -1.82. The summed E-state index contributed by atoms with van der Waals surface area (Å²) < 4.78 is 13.7. The highest BCUT2D eigenvalue weighted by atomic mass is 19.1. The van der Waals surface area contributed by atoms with Crippen molar-refractivity contribution in [3.05, 3.63) is 66.2 Å². The molecule has 0 radical (unpaired) electrons. The van der Waals surface area contributed by atoms with Crippen LogP contribution < -0.4 is 0 Å². The molecule has 2 nitrogen and oxygen atoms in total. The Hall–Kier alpha value is -2.68. The minimum absolute atomic E-state index is 0.179. The van der Waals surface area contributed by atoms with Crippen molar-refractivity contribution >= 4 is 21.8 Å². The van der Waals surface area contributed by atoms with E-state index in [1.54, 1.807) is 13.1 Å². The first-order valence-corrected chi connectivity index (χ1v) is 6.85. The molecule has 0 unspecified atom stereocenters. The quantitative estimate of drug-likeness (QED) is 0.530. The van der Waals surface area contributed by atoms with E-state index in [-0.39, 0.29) is 5.82 Å². The number of rotatable bonds is 1. The number of aromatic nitrogens is 2. The smallest absolute Gasteiger partial charge is 0.128 e.